The minimum Gasteiger partial charge on any atom is -0.345 e. The molecule has 0 fully saturated rings. The highest BCUT2D eigenvalue weighted by Crippen LogP contribution is 2.40. The maximum atomic E-state index is 4.82. The van der Waals surface area contributed by atoms with Gasteiger partial charge in [-0.15, -0.1) is 0 Å². The molecular weight excluding hydrogens is 272 g/mol. The lowest BCUT2D eigenvalue weighted by atomic mass is 9.82. The Balaban J connectivity index is 2.12. The van der Waals surface area contributed by atoms with E-state index in [-0.39, 0.29) is 5.54 Å². The van der Waals surface area contributed by atoms with E-state index in [0.29, 0.717) is 0 Å². The molecule has 2 heterocycles. The van der Waals surface area contributed by atoms with Gasteiger partial charge in [-0.2, -0.15) is 0 Å². The van der Waals surface area contributed by atoms with Crippen LogP contribution >= 0.6 is 0 Å². The fourth-order valence-electron chi connectivity index (χ4n) is 3.00. The Hall–Kier alpha value is -2.20. The van der Waals surface area contributed by atoms with Crippen LogP contribution in [0.15, 0.2) is 47.7 Å². The third-order valence-corrected chi connectivity index (χ3v) is 4.18. The third kappa shape index (κ3) is 2.62. The summed E-state index contributed by atoms with van der Waals surface area (Å²) >= 11 is 0. The summed E-state index contributed by atoms with van der Waals surface area (Å²) in [7, 11) is 4.19. The SMILES string of the molecule is Cc1cccc(C2(CCN(C)C)C=CC=N2)c1-c1ncc[nH]1. The van der Waals surface area contributed by atoms with Crippen molar-refractivity contribution in [1.82, 2.24) is 14.9 Å². The van der Waals surface area contributed by atoms with Gasteiger partial charge in [0.25, 0.3) is 0 Å². The number of aromatic amines is 1. The summed E-state index contributed by atoms with van der Waals surface area (Å²) in [5.41, 5.74) is 3.30. The summed E-state index contributed by atoms with van der Waals surface area (Å²) in [6, 6.07) is 6.41. The number of hydrogen-bond acceptors (Lipinski definition) is 3. The van der Waals surface area contributed by atoms with Crippen LogP contribution in [0.5, 0.6) is 0 Å². The van der Waals surface area contributed by atoms with Crippen LogP contribution < -0.4 is 0 Å². The molecule has 22 heavy (non-hydrogen) atoms. The molecule has 0 radical (unpaired) electrons. The smallest absolute Gasteiger partial charge is 0.137 e. The van der Waals surface area contributed by atoms with Crippen molar-refractivity contribution < 1.29 is 0 Å². The van der Waals surface area contributed by atoms with Gasteiger partial charge in [-0.1, -0.05) is 24.3 Å². The highest BCUT2D eigenvalue weighted by atomic mass is 15.1. The predicted molar refractivity (Wildman–Crippen MR) is 91.2 cm³/mol. The number of hydrogen-bond donors (Lipinski definition) is 1. The van der Waals surface area contributed by atoms with Crippen LogP contribution in [0.3, 0.4) is 0 Å². The number of aromatic nitrogens is 2. The van der Waals surface area contributed by atoms with E-state index < -0.39 is 0 Å². The molecule has 0 aliphatic carbocycles. The summed E-state index contributed by atoms with van der Waals surface area (Å²) in [4.78, 5) is 14.7. The molecule has 0 saturated carbocycles. The zero-order valence-electron chi connectivity index (χ0n) is 13.4. The maximum absolute atomic E-state index is 4.82. The van der Waals surface area contributed by atoms with Gasteiger partial charge in [0, 0.05) is 30.7 Å². The van der Waals surface area contributed by atoms with Crippen LogP contribution in [0.4, 0.5) is 0 Å². The monoisotopic (exact) mass is 294 g/mol. The molecule has 1 aromatic heterocycles. The van der Waals surface area contributed by atoms with E-state index in [1.54, 1.807) is 6.20 Å². The van der Waals surface area contributed by atoms with Crippen molar-refractivity contribution >= 4 is 6.21 Å². The van der Waals surface area contributed by atoms with Gasteiger partial charge in [-0.05, 0) is 44.6 Å². The summed E-state index contributed by atoms with van der Waals surface area (Å²) < 4.78 is 0. The minimum atomic E-state index is -0.293. The van der Waals surface area contributed by atoms with E-state index >= 15 is 0 Å². The lowest BCUT2D eigenvalue weighted by Crippen LogP contribution is -2.27. The Labute approximate surface area is 131 Å². The fourth-order valence-corrected chi connectivity index (χ4v) is 3.00. The third-order valence-electron chi connectivity index (χ3n) is 4.18. The number of H-pyrrole nitrogens is 1. The minimum absolute atomic E-state index is 0.293. The van der Waals surface area contributed by atoms with Gasteiger partial charge >= 0.3 is 0 Å². The van der Waals surface area contributed by atoms with Gasteiger partial charge < -0.3 is 9.88 Å². The molecule has 1 aromatic carbocycles. The first-order valence-electron chi connectivity index (χ1n) is 7.60. The van der Waals surface area contributed by atoms with Crippen molar-refractivity contribution in [3.63, 3.8) is 0 Å². The second-order valence-corrected chi connectivity index (χ2v) is 6.05. The quantitative estimate of drug-likeness (QED) is 0.920. The standard InChI is InChI=1S/C18H22N4/c1-14-6-4-7-15(16(14)17-19-11-12-20-17)18(8-5-10-21-18)9-13-22(2)3/h4-8,10-12H,9,13H2,1-3H3,(H,19,20). The summed E-state index contributed by atoms with van der Waals surface area (Å²) in [5.74, 6) is 0.910. The number of allylic oxidation sites excluding steroid dienone is 1. The number of aryl methyl sites for hydroxylation is 1. The molecule has 4 heteroatoms. The molecule has 114 valence electrons. The molecule has 4 nitrogen and oxygen atoms in total. The summed E-state index contributed by atoms with van der Waals surface area (Å²) in [5, 5.41) is 0. The first-order valence-corrected chi connectivity index (χ1v) is 7.60. The molecule has 0 bridgehead atoms. The van der Waals surface area contributed by atoms with Gasteiger partial charge in [-0.3, -0.25) is 4.99 Å². The summed E-state index contributed by atoms with van der Waals surface area (Å²) in [6.45, 7) is 3.11. The van der Waals surface area contributed by atoms with E-state index in [9.17, 15) is 0 Å². The molecule has 1 atom stereocenters. The highest BCUT2D eigenvalue weighted by Gasteiger charge is 2.33. The zero-order valence-corrected chi connectivity index (χ0v) is 13.4. The second-order valence-electron chi connectivity index (χ2n) is 6.05. The van der Waals surface area contributed by atoms with E-state index in [1.807, 2.05) is 18.5 Å². The highest BCUT2D eigenvalue weighted by molar-refractivity contribution is 5.78. The Bertz CT molecular complexity index is 684. The fraction of sp³-hybridized carbons (Fsp3) is 0.333. The molecular formula is C18H22N4. The number of aliphatic imine (C=N–C) groups is 1. The molecule has 0 spiro atoms. The van der Waals surface area contributed by atoms with Crippen molar-refractivity contribution in [2.75, 3.05) is 20.6 Å². The van der Waals surface area contributed by atoms with Crippen molar-refractivity contribution in [2.45, 2.75) is 18.9 Å². The van der Waals surface area contributed by atoms with Crippen LogP contribution in [0.2, 0.25) is 0 Å². The van der Waals surface area contributed by atoms with Crippen molar-refractivity contribution in [3.8, 4) is 11.4 Å². The molecule has 1 unspecified atom stereocenters. The van der Waals surface area contributed by atoms with Crippen LogP contribution in [0.1, 0.15) is 17.5 Å². The largest absolute Gasteiger partial charge is 0.345 e. The average Bonchev–Trinajstić information content (AvgIpc) is 3.17. The summed E-state index contributed by atoms with van der Waals surface area (Å²) in [6.07, 6.45) is 10.8. The van der Waals surface area contributed by atoms with Crippen molar-refractivity contribution in [2.24, 2.45) is 4.99 Å². The van der Waals surface area contributed by atoms with Crippen LogP contribution in [0.25, 0.3) is 11.4 Å². The second kappa shape index (κ2) is 5.89. The van der Waals surface area contributed by atoms with Crippen molar-refractivity contribution in [1.29, 1.82) is 0 Å². The van der Waals surface area contributed by atoms with Crippen LogP contribution in [-0.2, 0) is 5.54 Å². The number of imidazole rings is 1. The van der Waals surface area contributed by atoms with E-state index in [1.165, 1.54) is 11.1 Å². The molecule has 1 aliphatic heterocycles. The predicted octanol–water partition coefficient (Wildman–Crippen LogP) is 3.17. The lowest BCUT2D eigenvalue weighted by Gasteiger charge is -2.29. The number of benzene rings is 1. The van der Waals surface area contributed by atoms with Crippen LogP contribution in [-0.4, -0.2) is 41.7 Å². The maximum Gasteiger partial charge on any atom is 0.137 e. The van der Waals surface area contributed by atoms with E-state index in [4.69, 9.17) is 4.99 Å². The zero-order chi connectivity index (χ0) is 15.6. The number of rotatable bonds is 5. The molecule has 1 aliphatic rings. The van der Waals surface area contributed by atoms with Gasteiger partial charge in [-0.25, -0.2) is 4.98 Å². The Kier molecular flexibility index (Phi) is 3.94. The van der Waals surface area contributed by atoms with Gasteiger partial charge in [0.2, 0.25) is 0 Å². The van der Waals surface area contributed by atoms with Gasteiger partial charge in [0.1, 0.15) is 11.4 Å². The van der Waals surface area contributed by atoms with Crippen LogP contribution in [0, 0.1) is 6.92 Å². The normalized spacial score (nSPS) is 20.2. The Morgan fingerprint density at radius 1 is 1.27 bits per heavy atom. The van der Waals surface area contributed by atoms with Crippen molar-refractivity contribution in [3.05, 3.63) is 53.9 Å². The van der Waals surface area contributed by atoms with E-state index in [0.717, 1.165) is 24.4 Å². The number of nitrogens with zero attached hydrogens (tertiary/aromatic N) is 3. The molecule has 0 amide bonds. The topological polar surface area (TPSA) is 44.3 Å². The molecule has 0 saturated heterocycles. The Morgan fingerprint density at radius 3 is 2.77 bits per heavy atom. The molecule has 1 N–H and O–H groups in total. The lowest BCUT2D eigenvalue weighted by molar-refractivity contribution is 0.356. The first kappa shape index (κ1) is 14.7. The van der Waals surface area contributed by atoms with Gasteiger partial charge in [0.05, 0.1) is 0 Å². The first-order chi connectivity index (χ1) is 10.6. The van der Waals surface area contributed by atoms with E-state index in [2.05, 4.69) is 60.2 Å². The average molecular weight is 294 g/mol. The molecule has 3 rings (SSSR count). The van der Waals surface area contributed by atoms with Gasteiger partial charge in [0.15, 0.2) is 0 Å². The Morgan fingerprint density at radius 2 is 2.14 bits per heavy atom. The number of nitrogens with one attached hydrogen (secondary N) is 1. The molecule has 2 aromatic rings.